The Morgan fingerprint density at radius 3 is 0.861 bits per heavy atom. The summed E-state index contributed by atoms with van der Waals surface area (Å²) in [6, 6.07) is 0. The second-order valence-corrected chi connectivity index (χ2v) is 7.39. The molecular formula is C18H20F14O4. The Kier molecular flexibility index (Phi) is 11.8. The molecule has 0 saturated carbocycles. The molecule has 0 aliphatic rings. The van der Waals surface area contributed by atoms with Crippen LogP contribution in [0.25, 0.3) is 0 Å². The summed E-state index contributed by atoms with van der Waals surface area (Å²) < 4.78 is 182. The fourth-order valence-electron chi connectivity index (χ4n) is 2.39. The second-order valence-electron chi connectivity index (χ2n) is 7.39. The standard InChI is InChI=1S/C18H20F14O4/c19-13(20,15(23,24)17(27,28)29)11(33)35-9-7-5-3-1-2-4-6-8-10-36-12(34)14(21,22)16(25,26)18(30,31)32/h1-10H2. The van der Waals surface area contributed by atoms with Gasteiger partial charge in [-0.2, -0.15) is 61.5 Å². The molecule has 214 valence electrons. The van der Waals surface area contributed by atoms with E-state index in [4.69, 9.17) is 0 Å². The maximum atomic E-state index is 13.0. The molecule has 0 bridgehead atoms. The zero-order chi connectivity index (χ0) is 28.6. The highest BCUT2D eigenvalue weighted by atomic mass is 19.4. The number of hydrogen-bond donors (Lipinski definition) is 0. The molecule has 0 aromatic heterocycles. The normalized spacial score (nSPS) is 14.1. The van der Waals surface area contributed by atoms with Crippen LogP contribution in [0.1, 0.15) is 51.4 Å². The van der Waals surface area contributed by atoms with E-state index in [9.17, 15) is 71.1 Å². The molecule has 0 aliphatic heterocycles. The van der Waals surface area contributed by atoms with Gasteiger partial charge in [0.05, 0.1) is 13.2 Å². The zero-order valence-corrected chi connectivity index (χ0v) is 18.0. The van der Waals surface area contributed by atoms with Crippen molar-refractivity contribution in [1.29, 1.82) is 0 Å². The largest absolute Gasteiger partial charge is 0.461 e. The molecule has 0 heterocycles. The molecule has 0 aromatic rings. The molecule has 0 fully saturated rings. The third-order valence-corrected chi connectivity index (χ3v) is 4.52. The van der Waals surface area contributed by atoms with Crippen molar-refractivity contribution in [2.75, 3.05) is 13.2 Å². The van der Waals surface area contributed by atoms with Crippen LogP contribution in [-0.2, 0) is 19.1 Å². The first-order chi connectivity index (χ1) is 16.0. The lowest BCUT2D eigenvalue weighted by Crippen LogP contribution is -2.56. The van der Waals surface area contributed by atoms with Gasteiger partial charge in [0.25, 0.3) is 0 Å². The fraction of sp³-hybridized carbons (Fsp3) is 0.889. The molecule has 0 amide bonds. The summed E-state index contributed by atoms with van der Waals surface area (Å²) in [5.41, 5.74) is 0. The quantitative estimate of drug-likeness (QED) is 0.124. The summed E-state index contributed by atoms with van der Waals surface area (Å²) in [5.74, 6) is -31.5. The van der Waals surface area contributed by atoms with Gasteiger partial charge in [0.1, 0.15) is 0 Å². The van der Waals surface area contributed by atoms with Crippen LogP contribution in [0.2, 0.25) is 0 Å². The zero-order valence-electron chi connectivity index (χ0n) is 18.0. The lowest BCUT2D eigenvalue weighted by Gasteiger charge is -2.26. The van der Waals surface area contributed by atoms with Gasteiger partial charge in [0.2, 0.25) is 0 Å². The summed E-state index contributed by atoms with van der Waals surface area (Å²) in [6.45, 7) is -1.71. The average molecular weight is 566 g/mol. The molecular weight excluding hydrogens is 546 g/mol. The Bertz CT molecular complexity index is 656. The molecule has 0 saturated heterocycles. The Balaban J connectivity index is 4.03. The van der Waals surface area contributed by atoms with Gasteiger partial charge in [-0.25, -0.2) is 9.59 Å². The highest BCUT2D eigenvalue weighted by molar-refractivity contribution is 5.79. The molecule has 4 nitrogen and oxygen atoms in total. The Hall–Kier alpha value is -2.04. The van der Waals surface area contributed by atoms with E-state index in [2.05, 4.69) is 9.47 Å². The molecule has 0 radical (unpaired) electrons. The SMILES string of the molecule is O=C(OCCCCCCCCCCOC(=O)C(F)(F)C(F)(F)C(F)(F)F)C(F)(F)C(F)(F)C(F)(F)F. The van der Waals surface area contributed by atoms with Crippen LogP contribution in [0.5, 0.6) is 0 Å². The fourth-order valence-corrected chi connectivity index (χ4v) is 2.39. The van der Waals surface area contributed by atoms with Crippen LogP contribution in [0, 0.1) is 0 Å². The molecule has 0 N–H and O–H groups in total. The van der Waals surface area contributed by atoms with Crippen LogP contribution in [0.3, 0.4) is 0 Å². The number of ether oxygens (including phenoxy) is 2. The maximum Gasteiger partial charge on any atom is 0.460 e. The van der Waals surface area contributed by atoms with Crippen LogP contribution in [-0.4, -0.2) is 61.2 Å². The Morgan fingerprint density at radius 2 is 0.639 bits per heavy atom. The number of carbonyl (C=O) groups is 2. The number of esters is 2. The first-order valence-corrected chi connectivity index (χ1v) is 10.0. The van der Waals surface area contributed by atoms with Gasteiger partial charge in [-0.15, -0.1) is 0 Å². The summed E-state index contributed by atoms with van der Waals surface area (Å²) in [4.78, 5) is 21.8. The predicted molar refractivity (Wildman–Crippen MR) is 90.8 cm³/mol. The van der Waals surface area contributed by atoms with Crippen molar-refractivity contribution >= 4 is 11.9 Å². The number of alkyl halides is 14. The summed E-state index contributed by atoms with van der Waals surface area (Å²) >= 11 is 0. The third kappa shape index (κ3) is 8.24. The van der Waals surface area contributed by atoms with Gasteiger partial charge in [-0.1, -0.05) is 38.5 Å². The van der Waals surface area contributed by atoms with Gasteiger partial charge >= 0.3 is 48.0 Å². The lowest BCUT2D eigenvalue weighted by molar-refractivity contribution is -0.348. The number of unbranched alkanes of at least 4 members (excludes halogenated alkanes) is 7. The minimum atomic E-state index is -6.68. The van der Waals surface area contributed by atoms with E-state index in [1.54, 1.807) is 0 Å². The molecule has 0 aromatic carbocycles. The van der Waals surface area contributed by atoms with E-state index in [0.717, 1.165) is 0 Å². The van der Waals surface area contributed by atoms with Crippen molar-refractivity contribution in [2.45, 2.75) is 87.4 Å². The van der Waals surface area contributed by atoms with Crippen LogP contribution >= 0.6 is 0 Å². The van der Waals surface area contributed by atoms with Crippen molar-refractivity contribution in [1.82, 2.24) is 0 Å². The Labute approximate surface area is 194 Å². The molecule has 36 heavy (non-hydrogen) atoms. The number of hydrogen-bond acceptors (Lipinski definition) is 4. The average Bonchev–Trinajstić information content (AvgIpc) is 2.71. The van der Waals surface area contributed by atoms with Gasteiger partial charge in [0, 0.05) is 0 Å². The molecule has 0 spiro atoms. The monoisotopic (exact) mass is 566 g/mol. The van der Waals surface area contributed by atoms with Crippen LogP contribution in [0.4, 0.5) is 61.5 Å². The number of carbonyl (C=O) groups excluding carboxylic acids is 2. The minimum Gasteiger partial charge on any atom is -0.461 e. The lowest BCUT2D eigenvalue weighted by atomic mass is 10.1. The molecule has 0 atom stereocenters. The van der Waals surface area contributed by atoms with Crippen molar-refractivity contribution < 1.29 is 80.5 Å². The second kappa shape index (κ2) is 12.5. The van der Waals surface area contributed by atoms with Gasteiger partial charge in [0.15, 0.2) is 0 Å². The van der Waals surface area contributed by atoms with E-state index in [0.29, 0.717) is 25.7 Å². The Morgan fingerprint density at radius 1 is 0.417 bits per heavy atom. The molecule has 0 rings (SSSR count). The van der Waals surface area contributed by atoms with Gasteiger partial charge in [-0.05, 0) is 12.8 Å². The van der Waals surface area contributed by atoms with Crippen molar-refractivity contribution in [2.24, 2.45) is 0 Å². The number of rotatable bonds is 15. The van der Waals surface area contributed by atoms with E-state index >= 15 is 0 Å². The highest BCUT2D eigenvalue weighted by Gasteiger charge is 2.78. The van der Waals surface area contributed by atoms with Crippen molar-refractivity contribution in [3.05, 3.63) is 0 Å². The summed E-state index contributed by atoms with van der Waals surface area (Å²) in [6.07, 6.45) is -11.7. The first kappa shape index (κ1) is 34.0. The summed E-state index contributed by atoms with van der Waals surface area (Å²) in [7, 11) is 0. The highest BCUT2D eigenvalue weighted by Crippen LogP contribution is 2.48. The van der Waals surface area contributed by atoms with Crippen molar-refractivity contribution in [3.8, 4) is 0 Å². The van der Waals surface area contributed by atoms with Gasteiger partial charge in [-0.3, -0.25) is 0 Å². The van der Waals surface area contributed by atoms with Crippen molar-refractivity contribution in [3.63, 3.8) is 0 Å². The third-order valence-electron chi connectivity index (χ3n) is 4.52. The molecule has 0 unspecified atom stereocenters. The van der Waals surface area contributed by atoms with E-state index in [1.165, 1.54) is 0 Å². The minimum absolute atomic E-state index is 0.147. The van der Waals surface area contributed by atoms with E-state index in [1.807, 2.05) is 0 Å². The first-order valence-electron chi connectivity index (χ1n) is 10.0. The topological polar surface area (TPSA) is 52.6 Å². The summed E-state index contributed by atoms with van der Waals surface area (Å²) in [5, 5.41) is 0. The van der Waals surface area contributed by atoms with Gasteiger partial charge < -0.3 is 9.47 Å². The van der Waals surface area contributed by atoms with E-state index < -0.39 is 61.2 Å². The smallest absolute Gasteiger partial charge is 0.460 e. The predicted octanol–water partition coefficient (Wildman–Crippen LogP) is 6.86. The maximum absolute atomic E-state index is 13.0. The molecule has 18 heteroatoms. The number of halogens is 14. The van der Waals surface area contributed by atoms with Crippen LogP contribution < -0.4 is 0 Å². The molecule has 0 aliphatic carbocycles. The van der Waals surface area contributed by atoms with E-state index in [-0.39, 0.29) is 25.7 Å². The van der Waals surface area contributed by atoms with Crippen LogP contribution in [0.15, 0.2) is 0 Å².